The van der Waals surface area contributed by atoms with Crippen LogP contribution in [0.1, 0.15) is 18.2 Å². The Morgan fingerprint density at radius 3 is 2.61 bits per heavy atom. The van der Waals surface area contributed by atoms with Crippen molar-refractivity contribution in [2.75, 3.05) is 18.1 Å². The van der Waals surface area contributed by atoms with Crippen molar-refractivity contribution in [1.29, 1.82) is 0 Å². The minimum absolute atomic E-state index is 0.566. The van der Waals surface area contributed by atoms with Gasteiger partial charge in [0.05, 0.1) is 21.9 Å². The monoisotopic (exact) mass is 328 g/mol. The lowest BCUT2D eigenvalue weighted by molar-refractivity contribution is 1.14. The number of halogens is 1. The fourth-order valence-corrected chi connectivity index (χ4v) is 2.39. The quantitative estimate of drug-likeness (QED) is 0.728. The number of hydrogen-bond donors (Lipinski definition) is 2. The van der Waals surface area contributed by atoms with Gasteiger partial charge in [-0.25, -0.2) is 4.98 Å². The van der Waals surface area contributed by atoms with Gasteiger partial charge in [0.2, 0.25) is 0 Å². The molecule has 0 saturated carbocycles. The minimum atomic E-state index is 0.566. The molecule has 3 aromatic rings. The first kappa shape index (κ1) is 17.0. The van der Waals surface area contributed by atoms with Crippen molar-refractivity contribution in [3.63, 3.8) is 0 Å². The highest BCUT2D eigenvalue weighted by Gasteiger charge is 1.97. The van der Waals surface area contributed by atoms with Gasteiger partial charge in [-0.3, -0.25) is 4.98 Å². The highest BCUT2D eigenvalue weighted by Crippen LogP contribution is 2.18. The minimum Gasteiger partial charge on any atom is -0.387 e. The molecule has 120 valence electrons. The van der Waals surface area contributed by atoms with Crippen LogP contribution in [0.3, 0.4) is 0 Å². The smallest absolute Gasteiger partial charge is 0.123 e. The van der Waals surface area contributed by atoms with Crippen LogP contribution in [0.15, 0.2) is 42.6 Å². The van der Waals surface area contributed by atoms with Crippen LogP contribution in [0, 0.1) is 6.92 Å². The van der Waals surface area contributed by atoms with Gasteiger partial charge in [0.25, 0.3) is 0 Å². The SMILES string of the molecule is CCc1ccc2ncc(Cl)cc2c1.CNc1ccc(N)nc1C. The molecule has 5 heteroatoms. The summed E-state index contributed by atoms with van der Waals surface area (Å²) in [5.41, 5.74) is 9.72. The third-order valence-electron chi connectivity index (χ3n) is 3.50. The number of aryl methyl sites for hydroxylation is 2. The summed E-state index contributed by atoms with van der Waals surface area (Å²) < 4.78 is 0. The lowest BCUT2D eigenvalue weighted by Gasteiger charge is -2.02. The molecule has 0 bridgehead atoms. The number of nitrogen functional groups attached to an aromatic ring is 1. The molecule has 4 nitrogen and oxygen atoms in total. The van der Waals surface area contributed by atoms with Gasteiger partial charge in [-0.05, 0) is 49.2 Å². The zero-order chi connectivity index (χ0) is 16.8. The Morgan fingerprint density at radius 1 is 1.17 bits per heavy atom. The van der Waals surface area contributed by atoms with Crippen molar-refractivity contribution in [2.24, 2.45) is 0 Å². The summed E-state index contributed by atoms with van der Waals surface area (Å²) in [6.07, 6.45) is 2.72. The predicted molar refractivity (Wildman–Crippen MR) is 99.1 cm³/mol. The number of benzene rings is 1. The number of nitrogens with two attached hydrogens (primary N) is 1. The molecule has 0 amide bonds. The third-order valence-corrected chi connectivity index (χ3v) is 3.70. The summed E-state index contributed by atoms with van der Waals surface area (Å²) >= 11 is 5.85. The second-order valence-corrected chi connectivity index (χ2v) is 5.59. The molecule has 0 fully saturated rings. The molecule has 1 aromatic carbocycles. The summed E-state index contributed by atoms with van der Waals surface area (Å²) in [6, 6.07) is 11.9. The van der Waals surface area contributed by atoms with Gasteiger partial charge in [0.1, 0.15) is 5.82 Å². The van der Waals surface area contributed by atoms with E-state index in [9.17, 15) is 0 Å². The Hall–Kier alpha value is -2.33. The molecule has 0 unspecified atom stereocenters. The van der Waals surface area contributed by atoms with E-state index in [1.165, 1.54) is 5.56 Å². The van der Waals surface area contributed by atoms with Gasteiger partial charge in [0, 0.05) is 18.6 Å². The summed E-state index contributed by atoms with van der Waals surface area (Å²) in [5, 5.41) is 4.82. The normalized spacial score (nSPS) is 10.1. The lowest BCUT2D eigenvalue weighted by Crippen LogP contribution is -1.97. The van der Waals surface area contributed by atoms with E-state index in [2.05, 4.69) is 34.3 Å². The largest absolute Gasteiger partial charge is 0.387 e. The van der Waals surface area contributed by atoms with Crippen molar-refractivity contribution in [2.45, 2.75) is 20.3 Å². The van der Waals surface area contributed by atoms with Crippen LogP contribution in [0.2, 0.25) is 5.02 Å². The average Bonchev–Trinajstić information content (AvgIpc) is 2.55. The van der Waals surface area contributed by atoms with Gasteiger partial charge in [-0.15, -0.1) is 0 Å². The van der Waals surface area contributed by atoms with E-state index in [-0.39, 0.29) is 0 Å². The summed E-state index contributed by atoms with van der Waals surface area (Å²) in [6.45, 7) is 4.06. The summed E-state index contributed by atoms with van der Waals surface area (Å²) in [4.78, 5) is 8.28. The van der Waals surface area contributed by atoms with Crippen LogP contribution in [-0.4, -0.2) is 17.0 Å². The van der Waals surface area contributed by atoms with Crippen LogP contribution in [0.25, 0.3) is 10.9 Å². The highest BCUT2D eigenvalue weighted by molar-refractivity contribution is 6.31. The summed E-state index contributed by atoms with van der Waals surface area (Å²) in [7, 11) is 1.86. The number of nitrogens with zero attached hydrogens (tertiary/aromatic N) is 2. The van der Waals surface area contributed by atoms with E-state index in [1.54, 1.807) is 12.3 Å². The number of aromatic nitrogens is 2. The average molecular weight is 329 g/mol. The van der Waals surface area contributed by atoms with Crippen molar-refractivity contribution >= 4 is 34.0 Å². The van der Waals surface area contributed by atoms with Gasteiger partial charge >= 0.3 is 0 Å². The van der Waals surface area contributed by atoms with E-state index in [0.29, 0.717) is 10.8 Å². The summed E-state index contributed by atoms with van der Waals surface area (Å²) in [5.74, 6) is 0.566. The first-order valence-corrected chi connectivity index (χ1v) is 7.86. The predicted octanol–water partition coefficient (Wildman–Crippen LogP) is 4.46. The van der Waals surface area contributed by atoms with Crippen LogP contribution < -0.4 is 11.1 Å². The highest BCUT2D eigenvalue weighted by atomic mass is 35.5. The third kappa shape index (κ3) is 4.57. The maximum absolute atomic E-state index is 5.85. The first-order valence-electron chi connectivity index (χ1n) is 7.48. The zero-order valence-corrected chi connectivity index (χ0v) is 14.4. The van der Waals surface area contributed by atoms with E-state index in [0.717, 1.165) is 28.7 Å². The number of hydrogen-bond acceptors (Lipinski definition) is 4. The van der Waals surface area contributed by atoms with E-state index < -0.39 is 0 Å². The molecule has 3 N–H and O–H groups in total. The maximum atomic E-state index is 5.85. The topological polar surface area (TPSA) is 63.8 Å². The van der Waals surface area contributed by atoms with Crippen LogP contribution in [0.4, 0.5) is 11.5 Å². The number of anilines is 2. The van der Waals surface area contributed by atoms with E-state index in [1.807, 2.05) is 32.2 Å². The fraction of sp³-hybridized carbons (Fsp3) is 0.222. The molecule has 0 aliphatic carbocycles. The fourth-order valence-electron chi connectivity index (χ4n) is 2.22. The lowest BCUT2D eigenvalue weighted by atomic mass is 10.1. The van der Waals surface area contributed by atoms with Crippen LogP contribution in [-0.2, 0) is 6.42 Å². The Labute approximate surface area is 141 Å². The maximum Gasteiger partial charge on any atom is 0.123 e. The second kappa shape index (κ2) is 7.79. The van der Waals surface area contributed by atoms with Gasteiger partial charge < -0.3 is 11.1 Å². The number of pyridine rings is 2. The molecule has 3 rings (SSSR count). The molecular weight excluding hydrogens is 308 g/mol. The van der Waals surface area contributed by atoms with Crippen molar-refractivity contribution in [3.05, 3.63) is 58.9 Å². The standard InChI is InChI=1S/C11H10ClN.C7H11N3/c1-2-8-3-4-11-9(5-8)6-10(12)7-13-11;1-5-6(9-2)3-4-7(8)10-5/h3-7H,2H2,1H3;3-4,9H,1-2H3,(H2,8,10). The van der Waals surface area contributed by atoms with Crippen LogP contribution >= 0.6 is 11.6 Å². The van der Waals surface area contributed by atoms with Gasteiger partial charge in [0.15, 0.2) is 0 Å². The number of fused-ring (bicyclic) bond motifs is 1. The number of rotatable bonds is 2. The molecule has 0 saturated heterocycles. The van der Waals surface area contributed by atoms with Crippen molar-refractivity contribution < 1.29 is 0 Å². The molecule has 0 aliphatic heterocycles. The Bertz CT molecular complexity index is 802. The first-order chi connectivity index (χ1) is 11.0. The van der Waals surface area contributed by atoms with Gasteiger partial charge in [-0.2, -0.15) is 0 Å². The molecule has 0 radical (unpaired) electrons. The van der Waals surface area contributed by atoms with E-state index >= 15 is 0 Å². The molecule has 2 aromatic heterocycles. The van der Waals surface area contributed by atoms with E-state index in [4.69, 9.17) is 17.3 Å². The Balaban J connectivity index is 0.000000174. The zero-order valence-electron chi connectivity index (χ0n) is 13.6. The Kier molecular flexibility index (Phi) is 5.77. The van der Waals surface area contributed by atoms with Crippen molar-refractivity contribution in [1.82, 2.24) is 9.97 Å². The Morgan fingerprint density at radius 2 is 1.96 bits per heavy atom. The van der Waals surface area contributed by atoms with Gasteiger partial charge in [-0.1, -0.05) is 24.6 Å². The molecule has 0 spiro atoms. The van der Waals surface area contributed by atoms with Crippen molar-refractivity contribution in [3.8, 4) is 0 Å². The second-order valence-electron chi connectivity index (χ2n) is 5.15. The molecule has 23 heavy (non-hydrogen) atoms. The molecule has 0 aliphatic rings. The molecule has 2 heterocycles. The van der Waals surface area contributed by atoms with Crippen LogP contribution in [0.5, 0.6) is 0 Å². The number of nitrogens with one attached hydrogen (secondary N) is 1. The molecular formula is C18H21ClN4. The molecule has 0 atom stereocenters.